The molecule has 2 heterocycles. The number of oxazole rings is 1. The van der Waals surface area contributed by atoms with E-state index in [4.69, 9.17) is 4.42 Å². The van der Waals surface area contributed by atoms with Crippen molar-refractivity contribution in [1.82, 2.24) is 14.8 Å². The van der Waals surface area contributed by atoms with Crippen molar-refractivity contribution in [2.75, 3.05) is 32.7 Å². The van der Waals surface area contributed by atoms with Gasteiger partial charge in [0.2, 0.25) is 5.91 Å². The molecule has 1 aliphatic rings. The molecule has 1 amide bonds. The van der Waals surface area contributed by atoms with Crippen LogP contribution in [0.25, 0.3) is 11.3 Å². The first-order valence-electron chi connectivity index (χ1n) is 8.46. The molecule has 1 unspecified atom stereocenters. The molecule has 1 saturated heterocycles. The summed E-state index contributed by atoms with van der Waals surface area (Å²) < 4.78 is 18.7. The van der Waals surface area contributed by atoms with Gasteiger partial charge in [-0.1, -0.05) is 18.7 Å². The van der Waals surface area contributed by atoms with Gasteiger partial charge in [-0.25, -0.2) is 9.37 Å². The maximum Gasteiger partial charge on any atom is 0.256 e. The molecule has 0 saturated carbocycles. The molecular formula is C18H22FN3O2S. The highest BCUT2D eigenvalue weighted by molar-refractivity contribution is 8.00. The van der Waals surface area contributed by atoms with Crippen LogP contribution in [-0.4, -0.2) is 58.7 Å². The molecule has 0 spiro atoms. The second kappa shape index (κ2) is 8.01. The first-order valence-corrected chi connectivity index (χ1v) is 9.34. The lowest BCUT2D eigenvalue weighted by Crippen LogP contribution is -2.50. The lowest BCUT2D eigenvalue weighted by Gasteiger charge is -2.35. The number of amides is 1. The summed E-state index contributed by atoms with van der Waals surface area (Å²) in [5.41, 5.74) is 0.760. The zero-order valence-corrected chi connectivity index (χ0v) is 15.3. The van der Waals surface area contributed by atoms with E-state index >= 15 is 0 Å². The smallest absolute Gasteiger partial charge is 0.256 e. The lowest BCUT2D eigenvalue weighted by molar-refractivity contribution is -0.132. The van der Waals surface area contributed by atoms with Crippen molar-refractivity contribution >= 4 is 17.7 Å². The predicted octanol–water partition coefficient (Wildman–Crippen LogP) is 3.13. The van der Waals surface area contributed by atoms with Crippen LogP contribution in [0.1, 0.15) is 13.8 Å². The molecule has 2 aromatic rings. The van der Waals surface area contributed by atoms with Gasteiger partial charge in [0.15, 0.2) is 5.76 Å². The molecular weight excluding hydrogens is 341 g/mol. The Morgan fingerprint density at radius 2 is 1.96 bits per heavy atom. The Bertz CT molecular complexity index is 711. The van der Waals surface area contributed by atoms with E-state index in [-0.39, 0.29) is 17.0 Å². The second-order valence-corrected chi connectivity index (χ2v) is 7.31. The van der Waals surface area contributed by atoms with Gasteiger partial charge in [-0.2, -0.15) is 0 Å². The van der Waals surface area contributed by atoms with Gasteiger partial charge in [-0.3, -0.25) is 4.79 Å². The monoisotopic (exact) mass is 363 g/mol. The molecule has 0 radical (unpaired) electrons. The minimum absolute atomic E-state index is 0.113. The zero-order valence-electron chi connectivity index (χ0n) is 14.4. The van der Waals surface area contributed by atoms with E-state index < -0.39 is 0 Å². The number of carbonyl (C=O) groups excluding carboxylic acids is 1. The lowest BCUT2D eigenvalue weighted by atomic mass is 10.2. The van der Waals surface area contributed by atoms with Crippen LogP contribution in [0.4, 0.5) is 4.39 Å². The van der Waals surface area contributed by atoms with Crippen molar-refractivity contribution in [3.8, 4) is 11.3 Å². The molecule has 25 heavy (non-hydrogen) atoms. The van der Waals surface area contributed by atoms with Crippen molar-refractivity contribution in [2.24, 2.45) is 0 Å². The van der Waals surface area contributed by atoms with Crippen LogP contribution in [0.5, 0.6) is 0 Å². The highest BCUT2D eigenvalue weighted by atomic mass is 32.2. The quantitative estimate of drug-likeness (QED) is 0.764. The van der Waals surface area contributed by atoms with Crippen LogP contribution in [0, 0.1) is 5.82 Å². The predicted molar refractivity (Wildman–Crippen MR) is 95.9 cm³/mol. The van der Waals surface area contributed by atoms with Crippen LogP contribution in [-0.2, 0) is 4.79 Å². The van der Waals surface area contributed by atoms with Gasteiger partial charge in [0, 0.05) is 31.7 Å². The van der Waals surface area contributed by atoms with Crippen LogP contribution in [0.3, 0.4) is 0 Å². The van der Waals surface area contributed by atoms with E-state index in [0.29, 0.717) is 11.0 Å². The largest absolute Gasteiger partial charge is 0.431 e. The van der Waals surface area contributed by atoms with Crippen molar-refractivity contribution in [3.63, 3.8) is 0 Å². The molecule has 5 nitrogen and oxygen atoms in total. The van der Waals surface area contributed by atoms with E-state index in [1.54, 1.807) is 18.3 Å². The molecule has 0 aliphatic carbocycles. The highest BCUT2D eigenvalue weighted by Crippen LogP contribution is 2.28. The minimum Gasteiger partial charge on any atom is -0.431 e. The minimum atomic E-state index is -0.291. The van der Waals surface area contributed by atoms with E-state index in [1.807, 2.05) is 11.8 Å². The Balaban J connectivity index is 1.59. The zero-order chi connectivity index (χ0) is 17.8. The van der Waals surface area contributed by atoms with E-state index in [1.165, 1.54) is 23.9 Å². The van der Waals surface area contributed by atoms with Crippen LogP contribution < -0.4 is 0 Å². The molecule has 0 N–H and O–H groups in total. The number of nitrogens with zero attached hydrogens (tertiary/aromatic N) is 3. The maximum atomic E-state index is 13.0. The molecule has 1 fully saturated rings. The summed E-state index contributed by atoms with van der Waals surface area (Å²) in [6.45, 7) is 8.42. The number of hydrogen-bond donors (Lipinski definition) is 0. The average molecular weight is 363 g/mol. The third-order valence-corrected chi connectivity index (χ3v) is 5.32. The summed E-state index contributed by atoms with van der Waals surface area (Å²) in [6.07, 6.45) is 1.60. The summed E-state index contributed by atoms with van der Waals surface area (Å²) in [4.78, 5) is 21.1. The number of thioether (sulfide) groups is 1. The fraction of sp³-hybridized carbons (Fsp3) is 0.444. The number of likely N-dealkylation sites (N-methyl/N-ethyl adjacent to an activating group) is 1. The molecule has 1 aliphatic heterocycles. The number of carbonyl (C=O) groups is 1. The number of piperazine rings is 1. The van der Waals surface area contributed by atoms with Crippen molar-refractivity contribution in [1.29, 1.82) is 0 Å². The summed E-state index contributed by atoms with van der Waals surface area (Å²) in [6, 6.07) is 6.05. The third-order valence-electron chi connectivity index (χ3n) is 4.37. The number of rotatable bonds is 5. The van der Waals surface area contributed by atoms with Gasteiger partial charge in [0.1, 0.15) is 5.82 Å². The van der Waals surface area contributed by atoms with Crippen LogP contribution in [0.2, 0.25) is 0 Å². The van der Waals surface area contributed by atoms with E-state index in [0.717, 1.165) is 38.3 Å². The van der Waals surface area contributed by atoms with E-state index in [9.17, 15) is 9.18 Å². The number of benzene rings is 1. The van der Waals surface area contributed by atoms with E-state index in [2.05, 4.69) is 16.8 Å². The number of halogens is 1. The molecule has 3 rings (SSSR count). The Hall–Kier alpha value is -1.86. The molecule has 1 atom stereocenters. The molecule has 7 heteroatoms. The van der Waals surface area contributed by atoms with Crippen molar-refractivity contribution < 1.29 is 13.6 Å². The summed E-state index contributed by atoms with van der Waals surface area (Å²) in [5.74, 6) is 0.390. The fourth-order valence-electron chi connectivity index (χ4n) is 2.80. The van der Waals surface area contributed by atoms with Crippen LogP contribution >= 0.6 is 11.8 Å². The summed E-state index contributed by atoms with van der Waals surface area (Å²) in [7, 11) is 0. The molecule has 1 aromatic heterocycles. The Morgan fingerprint density at radius 3 is 2.60 bits per heavy atom. The normalized spacial score (nSPS) is 16.8. The van der Waals surface area contributed by atoms with Gasteiger partial charge >= 0.3 is 0 Å². The number of hydrogen-bond acceptors (Lipinski definition) is 5. The maximum absolute atomic E-state index is 13.0. The van der Waals surface area contributed by atoms with Crippen molar-refractivity contribution in [2.45, 2.75) is 24.3 Å². The fourth-order valence-corrected chi connectivity index (χ4v) is 3.61. The van der Waals surface area contributed by atoms with Gasteiger partial charge in [0.05, 0.1) is 11.4 Å². The standard InChI is InChI=1S/C18H22FN3O2S/c1-3-21-8-10-22(11-9-21)17(23)13(2)25-18-20-12-16(24-18)14-4-6-15(19)7-5-14/h4-7,12-13H,3,8-11H2,1-2H3. The van der Waals surface area contributed by atoms with Gasteiger partial charge in [-0.15, -0.1) is 0 Å². The Labute approximate surface area is 151 Å². The van der Waals surface area contributed by atoms with Gasteiger partial charge in [0.25, 0.3) is 5.22 Å². The topological polar surface area (TPSA) is 49.6 Å². The van der Waals surface area contributed by atoms with Gasteiger partial charge < -0.3 is 14.2 Å². The Morgan fingerprint density at radius 1 is 1.28 bits per heavy atom. The van der Waals surface area contributed by atoms with Crippen molar-refractivity contribution in [3.05, 3.63) is 36.3 Å². The number of aromatic nitrogens is 1. The van der Waals surface area contributed by atoms with Gasteiger partial charge in [-0.05, 0) is 37.7 Å². The first kappa shape index (κ1) is 17.9. The molecule has 1 aromatic carbocycles. The molecule has 0 bridgehead atoms. The first-order chi connectivity index (χ1) is 12.1. The molecule has 134 valence electrons. The SMILES string of the molecule is CCN1CCN(C(=O)C(C)Sc2ncc(-c3ccc(F)cc3)o2)CC1. The second-order valence-electron chi connectivity index (χ2n) is 6.02. The average Bonchev–Trinajstić information content (AvgIpc) is 3.10. The third kappa shape index (κ3) is 4.41. The van der Waals surface area contributed by atoms with Crippen LogP contribution in [0.15, 0.2) is 40.1 Å². The Kier molecular flexibility index (Phi) is 5.75. The highest BCUT2D eigenvalue weighted by Gasteiger charge is 2.26. The summed E-state index contributed by atoms with van der Waals surface area (Å²) in [5, 5.41) is 0.195. The summed E-state index contributed by atoms with van der Waals surface area (Å²) >= 11 is 1.31.